The summed E-state index contributed by atoms with van der Waals surface area (Å²) in [5.41, 5.74) is 5.64. The number of rotatable bonds is 4. The second-order valence-electron chi connectivity index (χ2n) is 5.61. The van der Waals surface area contributed by atoms with Crippen LogP contribution >= 0.6 is 11.6 Å². The number of aromatic nitrogens is 2. The molecule has 1 aromatic carbocycles. The van der Waals surface area contributed by atoms with Gasteiger partial charge in [0.1, 0.15) is 5.82 Å². The van der Waals surface area contributed by atoms with E-state index < -0.39 is 10.0 Å². The normalized spacial score (nSPS) is 19.1. The molecular formula is C15H18ClN5O2S. The molecule has 0 aliphatic carbocycles. The molecule has 1 aliphatic rings. The van der Waals surface area contributed by atoms with E-state index in [2.05, 4.69) is 15.3 Å². The van der Waals surface area contributed by atoms with E-state index in [0.29, 0.717) is 29.9 Å². The lowest BCUT2D eigenvalue weighted by Gasteiger charge is -2.32. The topological polar surface area (TPSA) is 101 Å². The van der Waals surface area contributed by atoms with Crippen LogP contribution in [0.3, 0.4) is 0 Å². The fourth-order valence-corrected chi connectivity index (χ4v) is 4.31. The molecule has 1 aromatic heterocycles. The molecule has 1 aliphatic heterocycles. The molecule has 1 fully saturated rings. The average molecular weight is 368 g/mol. The Labute approximate surface area is 145 Å². The summed E-state index contributed by atoms with van der Waals surface area (Å²) >= 11 is 5.83. The number of nitrogens with one attached hydrogen (secondary N) is 1. The number of sulfonamides is 1. The van der Waals surface area contributed by atoms with Crippen LogP contribution in [0.5, 0.6) is 0 Å². The highest BCUT2D eigenvalue weighted by Gasteiger charge is 2.30. The monoisotopic (exact) mass is 367 g/mol. The third-order valence-corrected chi connectivity index (χ3v) is 5.98. The average Bonchev–Trinajstić information content (AvgIpc) is 2.55. The van der Waals surface area contributed by atoms with Gasteiger partial charge in [-0.1, -0.05) is 11.6 Å². The minimum Gasteiger partial charge on any atom is -0.384 e. The smallest absolute Gasteiger partial charge is 0.243 e. The maximum absolute atomic E-state index is 12.8. The van der Waals surface area contributed by atoms with Gasteiger partial charge in [-0.2, -0.15) is 9.29 Å². The van der Waals surface area contributed by atoms with E-state index in [1.807, 2.05) is 0 Å². The minimum atomic E-state index is -3.54. The molecule has 2 heterocycles. The molecule has 3 rings (SSSR count). The Hall–Kier alpha value is -1.90. The zero-order valence-corrected chi connectivity index (χ0v) is 14.5. The zero-order chi connectivity index (χ0) is 17.2. The number of benzene rings is 1. The van der Waals surface area contributed by atoms with Crippen LogP contribution in [0, 0.1) is 0 Å². The third-order valence-electron chi connectivity index (χ3n) is 3.85. The van der Waals surface area contributed by atoms with Crippen LogP contribution in [0.15, 0.2) is 41.4 Å². The standard InChI is InChI=1S/C15H18ClN5O2S/c16-11-3-5-13(6-4-11)24(22,23)21-9-1-2-12(10-21)19-15-18-8-7-14(17)20-15/h3-8,12H,1-2,9-10H2,(H3,17,18,19,20)/t12-/m1/s1. The number of hydrogen-bond donors (Lipinski definition) is 2. The molecule has 0 spiro atoms. The first kappa shape index (κ1) is 16.9. The molecule has 3 N–H and O–H groups in total. The van der Waals surface area contributed by atoms with Crippen molar-refractivity contribution in [1.29, 1.82) is 0 Å². The van der Waals surface area contributed by atoms with Gasteiger partial charge in [0.2, 0.25) is 16.0 Å². The van der Waals surface area contributed by atoms with Crippen LogP contribution in [0.2, 0.25) is 5.02 Å². The van der Waals surface area contributed by atoms with Crippen molar-refractivity contribution in [3.63, 3.8) is 0 Å². The van der Waals surface area contributed by atoms with Gasteiger partial charge in [-0.05, 0) is 43.2 Å². The maximum Gasteiger partial charge on any atom is 0.243 e. The first-order valence-electron chi connectivity index (χ1n) is 7.56. The molecule has 0 radical (unpaired) electrons. The van der Waals surface area contributed by atoms with E-state index in [0.717, 1.165) is 12.8 Å². The fraction of sp³-hybridized carbons (Fsp3) is 0.333. The number of nitrogen functional groups attached to an aromatic ring is 1. The number of hydrogen-bond acceptors (Lipinski definition) is 6. The summed E-state index contributed by atoms with van der Waals surface area (Å²) in [7, 11) is -3.54. The highest BCUT2D eigenvalue weighted by molar-refractivity contribution is 7.89. The van der Waals surface area contributed by atoms with Crippen molar-refractivity contribution < 1.29 is 8.42 Å². The molecule has 24 heavy (non-hydrogen) atoms. The lowest BCUT2D eigenvalue weighted by Crippen LogP contribution is -2.45. The second-order valence-corrected chi connectivity index (χ2v) is 7.98. The van der Waals surface area contributed by atoms with Crippen molar-refractivity contribution in [2.45, 2.75) is 23.8 Å². The molecule has 0 bridgehead atoms. The maximum atomic E-state index is 12.8. The van der Waals surface area contributed by atoms with Crippen LogP contribution in [0.1, 0.15) is 12.8 Å². The van der Waals surface area contributed by atoms with Crippen molar-refractivity contribution in [3.05, 3.63) is 41.6 Å². The Morgan fingerprint density at radius 2 is 2.00 bits per heavy atom. The quantitative estimate of drug-likeness (QED) is 0.856. The number of nitrogens with zero attached hydrogens (tertiary/aromatic N) is 3. The molecule has 7 nitrogen and oxygen atoms in total. The summed E-state index contributed by atoms with van der Waals surface area (Å²) in [6.45, 7) is 0.837. The number of piperidine rings is 1. The molecule has 0 unspecified atom stereocenters. The zero-order valence-electron chi connectivity index (χ0n) is 12.9. The van der Waals surface area contributed by atoms with Gasteiger partial charge in [0.15, 0.2) is 0 Å². The van der Waals surface area contributed by atoms with E-state index in [-0.39, 0.29) is 10.9 Å². The molecule has 128 valence electrons. The summed E-state index contributed by atoms with van der Waals surface area (Å²) in [6, 6.07) is 7.74. The first-order chi connectivity index (χ1) is 11.4. The molecule has 1 atom stereocenters. The minimum absolute atomic E-state index is 0.0670. The predicted molar refractivity (Wildman–Crippen MR) is 93.3 cm³/mol. The number of nitrogens with two attached hydrogens (primary N) is 1. The first-order valence-corrected chi connectivity index (χ1v) is 9.38. The predicted octanol–water partition coefficient (Wildman–Crippen LogP) is 1.98. The SMILES string of the molecule is Nc1ccnc(N[C@@H]2CCCN(S(=O)(=O)c3ccc(Cl)cc3)C2)n1. The van der Waals surface area contributed by atoms with Crippen molar-refractivity contribution in [2.75, 3.05) is 24.1 Å². The van der Waals surface area contributed by atoms with Crippen LogP contribution in [-0.2, 0) is 10.0 Å². The lowest BCUT2D eigenvalue weighted by atomic mass is 10.1. The molecule has 9 heteroatoms. The molecular weight excluding hydrogens is 350 g/mol. The summed E-state index contributed by atoms with van der Waals surface area (Å²) in [5.74, 6) is 0.777. The lowest BCUT2D eigenvalue weighted by molar-refractivity contribution is 0.326. The fourth-order valence-electron chi connectivity index (χ4n) is 2.66. The molecule has 0 saturated carbocycles. The van der Waals surface area contributed by atoms with Crippen LogP contribution in [-0.4, -0.2) is 41.8 Å². The van der Waals surface area contributed by atoms with Gasteiger partial charge in [-0.15, -0.1) is 0 Å². The Morgan fingerprint density at radius 1 is 1.25 bits per heavy atom. The summed E-state index contributed by atoms with van der Waals surface area (Å²) in [6.07, 6.45) is 3.16. The van der Waals surface area contributed by atoms with Gasteiger partial charge in [0.25, 0.3) is 0 Å². The third kappa shape index (κ3) is 3.77. The number of anilines is 2. The van der Waals surface area contributed by atoms with E-state index in [4.69, 9.17) is 17.3 Å². The van der Waals surface area contributed by atoms with E-state index >= 15 is 0 Å². The Morgan fingerprint density at radius 3 is 2.71 bits per heavy atom. The molecule has 0 amide bonds. The van der Waals surface area contributed by atoms with Crippen LogP contribution < -0.4 is 11.1 Å². The molecule has 2 aromatic rings. The van der Waals surface area contributed by atoms with Gasteiger partial charge < -0.3 is 11.1 Å². The Kier molecular flexibility index (Phi) is 4.88. The van der Waals surface area contributed by atoms with Gasteiger partial charge in [0.05, 0.1) is 4.90 Å². The van der Waals surface area contributed by atoms with Crippen molar-refractivity contribution >= 4 is 33.4 Å². The van der Waals surface area contributed by atoms with Crippen molar-refractivity contribution in [2.24, 2.45) is 0 Å². The van der Waals surface area contributed by atoms with E-state index in [9.17, 15) is 8.42 Å². The van der Waals surface area contributed by atoms with Gasteiger partial charge in [-0.3, -0.25) is 0 Å². The van der Waals surface area contributed by atoms with E-state index in [1.54, 1.807) is 24.4 Å². The largest absolute Gasteiger partial charge is 0.384 e. The van der Waals surface area contributed by atoms with Gasteiger partial charge in [-0.25, -0.2) is 13.4 Å². The van der Waals surface area contributed by atoms with Crippen molar-refractivity contribution in [1.82, 2.24) is 14.3 Å². The van der Waals surface area contributed by atoms with Crippen LogP contribution in [0.4, 0.5) is 11.8 Å². The van der Waals surface area contributed by atoms with Crippen LogP contribution in [0.25, 0.3) is 0 Å². The highest BCUT2D eigenvalue weighted by atomic mass is 35.5. The highest BCUT2D eigenvalue weighted by Crippen LogP contribution is 2.23. The Bertz CT molecular complexity index is 813. The Balaban J connectivity index is 1.74. The van der Waals surface area contributed by atoms with Gasteiger partial charge >= 0.3 is 0 Å². The summed E-state index contributed by atoms with van der Waals surface area (Å²) < 4.78 is 27.0. The molecule has 1 saturated heterocycles. The van der Waals surface area contributed by atoms with E-state index in [1.165, 1.54) is 16.4 Å². The summed E-state index contributed by atoms with van der Waals surface area (Å²) in [4.78, 5) is 8.44. The van der Waals surface area contributed by atoms with Crippen molar-refractivity contribution in [3.8, 4) is 0 Å². The second kappa shape index (κ2) is 6.92. The number of halogens is 1. The van der Waals surface area contributed by atoms with Gasteiger partial charge in [0, 0.05) is 30.4 Å². The summed E-state index contributed by atoms with van der Waals surface area (Å²) in [5, 5.41) is 3.66.